The van der Waals surface area contributed by atoms with Gasteiger partial charge >= 0.3 is 5.97 Å². The maximum Gasteiger partial charge on any atom is 0.343 e. The molecule has 1 aliphatic heterocycles. The summed E-state index contributed by atoms with van der Waals surface area (Å²) in [5.41, 5.74) is 1.45. The van der Waals surface area contributed by atoms with Crippen LogP contribution in [0.3, 0.4) is 0 Å². The van der Waals surface area contributed by atoms with Crippen LogP contribution in [0.2, 0.25) is 0 Å². The molecule has 0 saturated carbocycles. The lowest BCUT2D eigenvalue weighted by atomic mass is 10.1. The highest BCUT2D eigenvalue weighted by atomic mass is 16.5. The number of hydrogen-bond acceptors (Lipinski definition) is 7. The van der Waals surface area contributed by atoms with Gasteiger partial charge in [0, 0.05) is 12.1 Å². The van der Waals surface area contributed by atoms with Gasteiger partial charge in [0.1, 0.15) is 28.7 Å². The zero-order valence-electron chi connectivity index (χ0n) is 17.7. The van der Waals surface area contributed by atoms with Crippen LogP contribution in [0.1, 0.15) is 26.3 Å². The minimum Gasteiger partial charge on any atom is -0.497 e. The Balaban J connectivity index is 1.53. The first-order valence-electron chi connectivity index (χ1n) is 9.68. The number of fused-ring (bicyclic) bond motifs is 1. The highest BCUT2D eigenvalue weighted by Crippen LogP contribution is 2.35. The Kier molecular flexibility index (Phi) is 5.81. The van der Waals surface area contributed by atoms with Crippen molar-refractivity contribution in [3.05, 3.63) is 83.1 Å². The summed E-state index contributed by atoms with van der Waals surface area (Å²) in [7, 11) is 4.58. The maximum absolute atomic E-state index is 12.7. The van der Waals surface area contributed by atoms with E-state index in [0.29, 0.717) is 28.6 Å². The van der Waals surface area contributed by atoms with E-state index >= 15 is 0 Å². The third-order valence-corrected chi connectivity index (χ3v) is 4.85. The van der Waals surface area contributed by atoms with Crippen molar-refractivity contribution in [2.45, 2.75) is 0 Å². The largest absolute Gasteiger partial charge is 0.497 e. The number of ketones is 1. The van der Waals surface area contributed by atoms with Gasteiger partial charge in [0.25, 0.3) is 0 Å². The molecule has 3 aromatic carbocycles. The first-order chi connectivity index (χ1) is 15.5. The number of methoxy groups -OCH3 is 3. The zero-order valence-corrected chi connectivity index (χ0v) is 17.7. The Morgan fingerprint density at radius 1 is 0.781 bits per heavy atom. The van der Waals surface area contributed by atoms with E-state index in [1.165, 1.54) is 20.3 Å². The summed E-state index contributed by atoms with van der Waals surface area (Å²) in [5, 5.41) is 0. The molecule has 0 saturated heterocycles. The Hall–Kier alpha value is -4.26. The summed E-state index contributed by atoms with van der Waals surface area (Å²) in [6.07, 6.45) is 1.65. The average Bonchev–Trinajstić information content (AvgIpc) is 3.13. The molecule has 0 aromatic heterocycles. The summed E-state index contributed by atoms with van der Waals surface area (Å²) in [6, 6.07) is 16.6. The third-order valence-electron chi connectivity index (χ3n) is 4.85. The molecule has 0 N–H and O–H groups in total. The number of ether oxygens (including phenoxy) is 5. The molecule has 162 valence electrons. The van der Waals surface area contributed by atoms with Crippen LogP contribution in [0.25, 0.3) is 6.08 Å². The Labute approximate surface area is 184 Å². The molecule has 7 nitrogen and oxygen atoms in total. The fourth-order valence-electron chi connectivity index (χ4n) is 3.17. The SMILES string of the molecule is COc1ccc(/C=C2\Oc3cc(OC(=O)c4cc(OC)cc(OC)c4)ccc3C2=O)cc1. The van der Waals surface area contributed by atoms with Crippen molar-refractivity contribution in [1.82, 2.24) is 0 Å². The molecule has 32 heavy (non-hydrogen) atoms. The quantitative estimate of drug-likeness (QED) is 0.321. The minimum absolute atomic E-state index is 0.186. The molecule has 0 bridgehead atoms. The number of Topliss-reactive ketones (excluding diaryl/α,β-unsaturated/α-hetero) is 1. The number of rotatable bonds is 6. The van der Waals surface area contributed by atoms with Gasteiger partial charge in [-0.25, -0.2) is 4.79 Å². The first kappa shape index (κ1) is 21.0. The summed E-state index contributed by atoms with van der Waals surface area (Å²) in [6.45, 7) is 0. The van der Waals surface area contributed by atoms with E-state index in [1.807, 2.05) is 12.1 Å². The van der Waals surface area contributed by atoms with E-state index in [9.17, 15) is 9.59 Å². The van der Waals surface area contributed by atoms with Gasteiger partial charge in [0.15, 0.2) is 5.76 Å². The monoisotopic (exact) mass is 432 g/mol. The second-order valence-electron chi connectivity index (χ2n) is 6.86. The van der Waals surface area contributed by atoms with Crippen LogP contribution in [0, 0.1) is 0 Å². The zero-order chi connectivity index (χ0) is 22.7. The van der Waals surface area contributed by atoms with E-state index in [0.717, 1.165) is 5.56 Å². The summed E-state index contributed by atoms with van der Waals surface area (Å²) in [5.74, 6) is 1.56. The van der Waals surface area contributed by atoms with Crippen LogP contribution in [0.5, 0.6) is 28.7 Å². The van der Waals surface area contributed by atoms with Crippen molar-refractivity contribution in [1.29, 1.82) is 0 Å². The lowest BCUT2D eigenvalue weighted by Gasteiger charge is -2.09. The van der Waals surface area contributed by atoms with Crippen LogP contribution < -0.4 is 23.7 Å². The van der Waals surface area contributed by atoms with Crippen LogP contribution in [-0.2, 0) is 0 Å². The van der Waals surface area contributed by atoms with Gasteiger partial charge in [0.05, 0.1) is 32.5 Å². The van der Waals surface area contributed by atoms with Gasteiger partial charge in [0.2, 0.25) is 5.78 Å². The average molecular weight is 432 g/mol. The van der Waals surface area contributed by atoms with Crippen molar-refractivity contribution in [3.63, 3.8) is 0 Å². The standard InChI is InChI=1S/C25H20O7/c1-28-17-6-4-15(5-7-17)10-23-24(26)21-9-8-18(14-22(21)32-23)31-25(27)16-11-19(29-2)13-20(12-16)30-3/h4-14H,1-3H3/b23-10-. The molecule has 4 rings (SSSR count). The van der Waals surface area contributed by atoms with E-state index in [-0.39, 0.29) is 22.9 Å². The second-order valence-corrected chi connectivity index (χ2v) is 6.86. The molecule has 3 aromatic rings. The molecule has 0 unspecified atom stereocenters. The van der Waals surface area contributed by atoms with Crippen LogP contribution in [0.15, 0.2) is 66.4 Å². The number of hydrogen-bond donors (Lipinski definition) is 0. The molecule has 0 atom stereocenters. The van der Waals surface area contributed by atoms with E-state index in [2.05, 4.69) is 0 Å². The second kappa shape index (κ2) is 8.85. The van der Waals surface area contributed by atoms with Crippen molar-refractivity contribution >= 4 is 17.8 Å². The number of benzene rings is 3. The number of carbonyl (C=O) groups is 2. The fourth-order valence-corrected chi connectivity index (χ4v) is 3.17. The van der Waals surface area contributed by atoms with Gasteiger partial charge < -0.3 is 23.7 Å². The molecule has 0 aliphatic carbocycles. The minimum atomic E-state index is -0.597. The van der Waals surface area contributed by atoms with Gasteiger partial charge in [-0.1, -0.05) is 12.1 Å². The van der Waals surface area contributed by atoms with E-state index < -0.39 is 5.97 Å². The van der Waals surface area contributed by atoms with Gasteiger partial charge in [-0.3, -0.25) is 4.79 Å². The molecular weight excluding hydrogens is 412 g/mol. The Morgan fingerprint density at radius 2 is 1.41 bits per heavy atom. The van der Waals surface area contributed by atoms with Gasteiger partial charge in [-0.05, 0) is 48.0 Å². The lowest BCUT2D eigenvalue weighted by molar-refractivity contribution is 0.0733. The third kappa shape index (κ3) is 4.27. The van der Waals surface area contributed by atoms with Gasteiger partial charge in [-0.15, -0.1) is 0 Å². The molecule has 0 fully saturated rings. The Morgan fingerprint density at radius 3 is 2.03 bits per heavy atom. The summed E-state index contributed by atoms with van der Waals surface area (Å²) < 4.78 is 26.7. The smallest absolute Gasteiger partial charge is 0.343 e. The molecule has 0 amide bonds. The molecule has 1 heterocycles. The van der Waals surface area contributed by atoms with Crippen molar-refractivity contribution < 1.29 is 33.3 Å². The van der Waals surface area contributed by atoms with Crippen molar-refractivity contribution in [3.8, 4) is 28.7 Å². The summed E-state index contributed by atoms with van der Waals surface area (Å²) in [4.78, 5) is 25.3. The lowest BCUT2D eigenvalue weighted by Crippen LogP contribution is -2.09. The predicted molar refractivity (Wildman–Crippen MR) is 117 cm³/mol. The highest BCUT2D eigenvalue weighted by molar-refractivity contribution is 6.14. The number of esters is 1. The highest BCUT2D eigenvalue weighted by Gasteiger charge is 2.28. The van der Waals surface area contributed by atoms with Crippen LogP contribution in [-0.4, -0.2) is 33.1 Å². The van der Waals surface area contributed by atoms with Crippen LogP contribution in [0.4, 0.5) is 0 Å². The predicted octanol–water partition coefficient (Wildman–Crippen LogP) is 4.55. The van der Waals surface area contributed by atoms with Crippen LogP contribution >= 0.6 is 0 Å². The number of allylic oxidation sites excluding steroid dienone is 1. The molecular formula is C25H20O7. The maximum atomic E-state index is 12.7. The first-order valence-corrected chi connectivity index (χ1v) is 9.68. The molecule has 0 spiro atoms. The van der Waals surface area contributed by atoms with Crippen molar-refractivity contribution in [2.24, 2.45) is 0 Å². The molecule has 1 aliphatic rings. The molecule has 0 radical (unpaired) electrons. The molecule has 7 heteroatoms. The fraction of sp³-hybridized carbons (Fsp3) is 0.120. The van der Waals surface area contributed by atoms with Crippen molar-refractivity contribution in [2.75, 3.05) is 21.3 Å². The Bertz CT molecular complexity index is 1190. The van der Waals surface area contributed by atoms with E-state index in [4.69, 9.17) is 23.7 Å². The number of carbonyl (C=O) groups excluding carboxylic acids is 2. The summed E-state index contributed by atoms with van der Waals surface area (Å²) >= 11 is 0. The van der Waals surface area contributed by atoms with E-state index in [1.54, 1.807) is 55.7 Å². The van der Waals surface area contributed by atoms with Gasteiger partial charge in [-0.2, -0.15) is 0 Å². The topological polar surface area (TPSA) is 80.3 Å². The normalized spacial score (nSPS) is 13.3.